The molecule has 118 valence electrons. The first-order chi connectivity index (χ1) is 10.4. The van der Waals surface area contributed by atoms with Crippen molar-refractivity contribution >= 4 is 23.3 Å². The zero-order chi connectivity index (χ0) is 16.0. The first kappa shape index (κ1) is 14.6. The molecule has 1 atom stereocenters. The van der Waals surface area contributed by atoms with Gasteiger partial charge in [-0.05, 0) is 19.2 Å². The quantitative estimate of drug-likeness (QED) is 0.751. The van der Waals surface area contributed by atoms with Crippen molar-refractivity contribution in [3.8, 4) is 0 Å². The van der Waals surface area contributed by atoms with Crippen LogP contribution in [0.25, 0.3) is 0 Å². The zero-order valence-corrected chi connectivity index (χ0v) is 12.7. The molecule has 1 aromatic rings. The minimum Gasteiger partial charge on any atom is -0.480 e. The fraction of sp³-hybridized carbons (Fsp3) is 0.467. The van der Waals surface area contributed by atoms with Gasteiger partial charge < -0.3 is 20.6 Å². The lowest BCUT2D eigenvalue weighted by Crippen LogP contribution is -2.55. The topological polar surface area (TPSA) is 90.1 Å². The highest BCUT2D eigenvalue weighted by molar-refractivity contribution is 6.04. The number of carbonyl (C=O) groups is 2. The summed E-state index contributed by atoms with van der Waals surface area (Å²) in [5, 5.41) is 9.34. The predicted octanol–water partition coefficient (Wildman–Crippen LogP) is 0.0594. The summed E-state index contributed by atoms with van der Waals surface area (Å²) in [4.78, 5) is 29.1. The molecule has 1 unspecified atom stereocenters. The van der Waals surface area contributed by atoms with E-state index in [1.165, 1.54) is 0 Å². The summed E-state index contributed by atoms with van der Waals surface area (Å²) in [6, 6.07) is 3.08. The standard InChI is InChI=1S/C15H20N4O3/c1-17-5-6-19(8-12(17)15(21)22)11-4-3-10(16)13-9(11)7-18(2)14(13)20/h3-4,12H,5-8,16H2,1-2H3,(H,21,22). The van der Waals surface area contributed by atoms with Crippen LogP contribution in [0.2, 0.25) is 0 Å². The van der Waals surface area contributed by atoms with Gasteiger partial charge in [0.2, 0.25) is 0 Å². The Morgan fingerprint density at radius 3 is 2.73 bits per heavy atom. The number of nitrogens with two attached hydrogens (primary N) is 1. The molecule has 2 aliphatic heterocycles. The number of benzene rings is 1. The fourth-order valence-corrected chi connectivity index (χ4v) is 3.22. The van der Waals surface area contributed by atoms with Crippen LogP contribution in [0.1, 0.15) is 15.9 Å². The molecule has 0 aliphatic carbocycles. The van der Waals surface area contributed by atoms with Gasteiger partial charge in [0.15, 0.2) is 0 Å². The smallest absolute Gasteiger partial charge is 0.322 e. The third-order valence-electron chi connectivity index (χ3n) is 4.55. The molecule has 0 spiro atoms. The minimum atomic E-state index is -0.826. The summed E-state index contributed by atoms with van der Waals surface area (Å²) < 4.78 is 0. The SMILES string of the molecule is CN1Cc2c(N3CCN(C)C(C(=O)O)C3)ccc(N)c2C1=O. The number of fused-ring (bicyclic) bond motifs is 1. The largest absolute Gasteiger partial charge is 0.480 e. The van der Waals surface area contributed by atoms with E-state index in [1.807, 2.05) is 22.9 Å². The number of anilines is 2. The number of carboxylic acids is 1. The number of hydrogen-bond donors (Lipinski definition) is 2. The average molecular weight is 304 g/mol. The monoisotopic (exact) mass is 304 g/mol. The normalized spacial score (nSPS) is 22.1. The summed E-state index contributed by atoms with van der Waals surface area (Å²) in [6.45, 7) is 2.31. The average Bonchev–Trinajstić information content (AvgIpc) is 2.77. The van der Waals surface area contributed by atoms with Crippen LogP contribution < -0.4 is 10.6 Å². The van der Waals surface area contributed by atoms with Gasteiger partial charge in [0, 0.05) is 50.2 Å². The zero-order valence-electron chi connectivity index (χ0n) is 12.7. The second-order valence-corrected chi connectivity index (χ2v) is 5.97. The Hall–Kier alpha value is -2.28. The van der Waals surface area contributed by atoms with E-state index < -0.39 is 12.0 Å². The number of piperazine rings is 1. The Morgan fingerprint density at radius 2 is 2.05 bits per heavy atom. The molecule has 0 bridgehead atoms. The Morgan fingerprint density at radius 1 is 1.32 bits per heavy atom. The number of carboxylic acid groups (broad SMARTS) is 1. The number of rotatable bonds is 2. The van der Waals surface area contributed by atoms with Crippen molar-refractivity contribution in [1.29, 1.82) is 0 Å². The molecule has 1 saturated heterocycles. The number of hydrogen-bond acceptors (Lipinski definition) is 5. The second kappa shape index (κ2) is 5.17. The molecular formula is C15H20N4O3. The number of nitrogen functional groups attached to an aromatic ring is 1. The molecule has 22 heavy (non-hydrogen) atoms. The van der Waals surface area contributed by atoms with Crippen LogP contribution in [0.4, 0.5) is 11.4 Å². The number of nitrogens with zero attached hydrogens (tertiary/aromatic N) is 3. The molecule has 2 aliphatic rings. The van der Waals surface area contributed by atoms with E-state index in [4.69, 9.17) is 5.73 Å². The molecule has 7 heteroatoms. The molecular weight excluding hydrogens is 284 g/mol. The van der Waals surface area contributed by atoms with Crippen LogP contribution in [-0.4, -0.2) is 66.6 Å². The highest BCUT2D eigenvalue weighted by Gasteiger charge is 2.34. The summed E-state index contributed by atoms with van der Waals surface area (Å²) >= 11 is 0. The Kier molecular flexibility index (Phi) is 3.44. The van der Waals surface area contributed by atoms with Crippen molar-refractivity contribution in [3.63, 3.8) is 0 Å². The van der Waals surface area contributed by atoms with Gasteiger partial charge in [-0.15, -0.1) is 0 Å². The first-order valence-corrected chi connectivity index (χ1v) is 7.25. The molecule has 3 rings (SSSR count). The molecule has 2 heterocycles. The van der Waals surface area contributed by atoms with Gasteiger partial charge in [-0.2, -0.15) is 0 Å². The van der Waals surface area contributed by atoms with Gasteiger partial charge in [0.05, 0.1) is 5.56 Å². The van der Waals surface area contributed by atoms with Crippen molar-refractivity contribution in [2.75, 3.05) is 44.4 Å². The number of carbonyl (C=O) groups excluding carboxylic acids is 1. The van der Waals surface area contributed by atoms with Gasteiger partial charge in [0.1, 0.15) is 6.04 Å². The number of amides is 1. The molecule has 0 radical (unpaired) electrons. The second-order valence-electron chi connectivity index (χ2n) is 5.97. The van der Waals surface area contributed by atoms with Crippen molar-refractivity contribution in [2.24, 2.45) is 0 Å². The summed E-state index contributed by atoms with van der Waals surface area (Å²) in [5.41, 5.74) is 8.82. The molecule has 3 N–H and O–H groups in total. The lowest BCUT2D eigenvalue weighted by atomic mass is 10.0. The maximum absolute atomic E-state index is 12.2. The van der Waals surface area contributed by atoms with Crippen molar-refractivity contribution in [1.82, 2.24) is 9.80 Å². The van der Waals surface area contributed by atoms with Crippen LogP contribution in [0, 0.1) is 0 Å². The van der Waals surface area contributed by atoms with E-state index in [0.29, 0.717) is 30.9 Å². The van der Waals surface area contributed by atoms with Gasteiger partial charge in [-0.25, -0.2) is 0 Å². The van der Waals surface area contributed by atoms with Crippen LogP contribution >= 0.6 is 0 Å². The van der Waals surface area contributed by atoms with E-state index >= 15 is 0 Å². The van der Waals surface area contributed by atoms with E-state index in [0.717, 1.165) is 17.8 Å². The molecule has 1 amide bonds. The summed E-state index contributed by atoms with van der Waals surface area (Å²) in [5.74, 6) is -0.897. The molecule has 7 nitrogen and oxygen atoms in total. The van der Waals surface area contributed by atoms with Gasteiger partial charge in [0.25, 0.3) is 5.91 Å². The van der Waals surface area contributed by atoms with Crippen molar-refractivity contribution in [3.05, 3.63) is 23.3 Å². The van der Waals surface area contributed by atoms with Gasteiger partial charge in [-0.1, -0.05) is 0 Å². The van der Waals surface area contributed by atoms with E-state index in [2.05, 4.69) is 0 Å². The molecule has 0 saturated carbocycles. The Labute approximate surface area is 128 Å². The third-order valence-corrected chi connectivity index (χ3v) is 4.55. The highest BCUT2D eigenvalue weighted by atomic mass is 16.4. The molecule has 1 fully saturated rings. The van der Waals surface area contributed by atoms with Crippen molar-refractivity contribution < 1.29 is 14.7 Å². The lowest BCUT2D eigenvalue weighted by Gasteiger charge is -2.39. The minimum absolute atomic E-state index is 0.0711. The maximum atomic E-state index is 12.2. The summed E-state index contributed by atoms with van der Waals surface area (Å²) in [7, 11) is 3.57. The lowest BCUT2D eigenvalue weighted by molar-refractivity contribution is -0.142. The predicted molar refractivity (Wildman–Crippen MR) is 82.9 cm³/mol. The molecule has 1 aromatic carbocycles. The van der Waals surface area contributed by atoms with Crippen LogP contribution in [0.15, 0.2) is 12.1 Å². The van der Waals surface area contributed by atoms with Gasteiger partial charge in [-0.3, -0.25) is 14.5 Å². The Bertz CT molecular complexity index is 646. The maximum Gasteiger partial charge on any atom is 0.322 e. The Balaban J connectivity index is 1.97. The van der Waals surface area contributed by atoms with Crippen LogP contribution in [0.5, 0.6) is 0 Å². The van der Waals surface area contributed by atoms with Crippen molar-refractivity contribution in [2.45, 2.75) is 12.6 Å². The third kappa shape index (κ3) is 2.18. The first-order valence-electron chi connectivity index (χ1n) is 7.25. The highest BCUT2D eigenvalue weighted by Crippen LogP contribution is 2.35. The molecule has 0 aromatic heterocycles. The van der Waals surface area contributed by atoms with E-state index in [9.17, 15) is 14.7 Å². The fourth-order valence-electron chi connectivity index (χ4n) is 3.22. The van der Waals surface area contributed by atoms with Gasteiger partial charge >= 0.3 is 5.97 Å². The van der Waals surface area contributed by atoms with E-state index in [-0.39, 0.29) is 5.91 Å². The number of aliphatic carboxylic acids is 1. The van der Waals surface area contributed by atoms with Crippen LogP contribution in [-0.2, 0) is 11.3 Å². The summed E-state index contributed by atoms with van der Waals surface area (Å²) in [6.07, 6.45) is 0. The van der Waals surface area contributed by atoms with E-state index in [1.54, 1.807) is 18.0 Å². The van der Waals surface area contributed by atoms with Crippen LogP contribution in [0.3, 0.4) is 0 Å². The number of likely N-dealkylation sites (N-methyl/N-ethyl adjacent to an activating group) is 1.